The van der Waals surface area contributed by atoms with Crippen LogP contribution in [-0.2, 0) is 0 Å². The zero-order valence-electron chi connectivity index (χ0n) is 11.8. The van der Waals surface area contributed by atoms with E-state index in [1.807, 2.05) is 0 Å². The summed E-state index contributed by atoms with van der Waals surface area (Å²) in [5.74, 6) is 1.81. The van der Waals surface area contributed by atoms with Crippen molar-refractivity contribution in [1.29, 1.82) is 0 Å². The molecule has 0 amide bonds. The summed E-state index contributed by atoms with van der Waals surface area (Å²) in [5.41, 5.74) is 1.31. The molecule has 0 aromatic heterocycles. The molecule has 2 aliphatic rings. The van der Waals surface area contributed by atoms with E-state index in [-0.39, 0.29) is 0 Å². The third kappa shape index (κ3) is 2.16. The fraction of sp³-hybridized carbons (Fsp3) is 0.368. The van der Waals surface area contributed by atoms with Gasteiger partial charge in [-0.1, -0.05) is 55.0 Å². The van der Waals surface area contributed by atoms with Crippen molar-refractivity contribution >= 4 is 16.8 Å². The zero-order valence-corrected chi connectivity index (χ0v) is 11.8. The summed E-state index contributed by atoms with van der Waals surface area (Å²) in [6.07, 6.45) is 8.95. The lowest BCUT2D eigenvalue weighted by Gasteiger charge is -2.13. The second-order valence-electron chi connectivity index (χ2n) is 6.25. The maximum Gasteiger partial charge on any atom is 0.0284 e. The first-order valence-electron chi connectivity index (χ1n) is 7.80. The Morgan fingerprint density at radius 2 is 1.90 bits per heavy atom. The number of fused-ring (bicyclic) bond motifs is 2. The molecule has 102 valence electrons. The van der Waals surface area contributed by atoms with Gasteiger partial charge in [-0.25, -0.2) is 0 Å². The SMILES string of the molecule is C(=C\C1NCC2CCCC21)/c1ccc2ccccc2c1. The van der Waals surface area contributed by atoms with Crippen LogP contribution >= 0.6 is 0 Å². The van der Waals surface area contributed by atoms with Gasteiger partial charge in [-0.2, -0.15) is 0 Å². The lowest BCUT2D eigenvalue weighted by atomic mass is 9.93. The maximum atomic E-state index is 3.68. The predicted molar refractivity (Wildman–Crippen MR) is 85.6 cm³/mol. The van der Waals surface area contributed by atoms with Gasteiger partial charge < -0.3 is 5.32 Å². The van der Waals surface area contributed by atoms with E-state index in [0.717, 1.165) is 11.8 Å². The number of hydrogen-bond donors (Lipinski definition) is 1. The molecule has 1 N–H and O–H groups in total. The summed E-state index contributed by atoms with van der Waals surface area (Å²) in [5, 5.41) is 6.32. The van der Waals surface area contributed by atoms with E-state index in [1.165, 1.54) is 42.1 Å². The van der Waals surface area contributed by atoms with Gasteiger partial charge in [0.15, 0.2) is 0 Å². The van der Waals surface area contributed by atoms with Crippen LogP contribution in [-0.4, -0.2) is 12.6 Å². The van der Waals surface area contributed by atoms with E-state index in [1.54, 1.807) is 0 Å². The summed E-state index contributed by atoms with van der Waals surface area (Å²) in [4.78, 5) is 0. The Morgan fingerprint density at radius 3 is 2.85 bits per heavy atom. The Hall–Kier alpha value is -1.60. The molecule has 0 bridgehead atoms. The second-order valence-corrected chi connectivity index (χ2v) is 6.25. The quantitative estimate of drug-likeness (QED) is 0.854. The molecular formula is C19H21N. The molecule has 1 heterocycles. The lowest BCUT2D eigenvalue weighted by molar-refractivity contribution is 0.456. The first-order valence-corrected chi connectivity index (χ1v) is 7.80. The molecule has 2 aromatic rings. The molecule has 1 saturated heterocycles. The Morgan fingerprint density at radius 1 is 1.00 bits per heavy atom. The normalized spacial score (nSPS) is 29.3. The molecule has 1 heteroatoms. The van der Waals surface area contributed by atoms with Gasteiger partial charge in [0.2, 0.25) is 0 Å². The van der Waals surface area contributed by atoms with Crippen molar-refractivity contribution in [1.82, 2.24) is 5.32 Å². The summed E-state index contributed by atoms with van der Waals surface area (Å²) in [7, 11) is 0. The molecule has 2 fully saturated rings. The number of nitrogens with one attached hydrogen (secondary N) is 1. The van der Waals surface area contributed by atoms with E-state index >= 15 is 0 Å². The van der Waals surface area contributed by atoms with E-state index in [9.17, 15) is 0 Å². The Kier molecular flexibility index (Phi) is 3.08. The van der Waals surface area contributed by atoms with E-state index in [4.69, 9.17) is 0 Å². The van der Waals surface area contributed by atoms with Crippen molar-refractivity contribution < 1.29 is 0 Å². The van der Waals surface area contributed by atoms with Crippen LogP contribution in [0.2, 0.25) is 0 Å². The molecule has 1 aliphatic carbocycles. The molecule has 4 rings (SSSR count). The van der Waals surface area contributed by atoms with Crippen LogP contribution in [0.5, 0.6) is 0 Å². The van der Waals surface area contributed by atoms with Gasteiger partial charge in [0.05, 0.1) is 0 Å². The average molecular weight is 263 g/mol. The van der Waals surface area contributed by atoms with Gasteiger partial charge >= 0.3 is 0 Å². The van der Waals surface area contributed by atoms with Crippen molar-refractivity contribution in [3.8, 4) is 0 Å². The van der Waals surface area contributed by atoms with Gasteiger partial charge in [-0.3, -0.25) is 0 Å². The summed E-state index contributed by atoms with van der Waals surface area (Å²) >= 11 is 0. The standard InChI is InChI=1S/C19H21N/c1-2-5-16-12-14(8-10-15(16)4-1)9-11-19-18-7-3-6-17(18)13-20-19/h1-2,4-5,8-12,17-20H,3,6-7,13H2/b11-9+. The average Bonchev–Trinajstić information content (AvgIpc) is 3.08. The Labute approximate surface area is 120 Å². The van der Waals surface area contributed by atoms with Gasteiger partial charge in [-0.15, -0.1) is 0 Å². The number of hydrogen-bond acceptors (Lipinski definition) is 1. The number of benzene rings is 2. The fourth-order valence-electron chi connectivity index (χ4n) is 3.97. The first-order chi connectivity index (χ1) is 9.90. The van der Waals surface area contributed by atoms with Gasteiger partial charge in [0.25, 0.3) is 0 Å². The fourth-order valence-corrected chi connectivity index (χ4v) is 3.97. The predicted octanol–water partition coefficient (Wildman–Crippen LogP) is 4.24. The van der Waals surface area contributed by atoms with Gasteiger partial charge in [0, 0.05) is 6.04 Å². The van der Waals surface area contributed by atoms with Crippen LogP contribution in [0.15, 0.2) is 48.5 Å². The second kappa shape index (κ2) is 5.06. The highest BCUT2D eigenvalue weighted by Gasteiger charge is 2.37. The third-order valence-electron chi connectivity index (χ3n) is 5.06. The van der Waals surface area contributed by atoms with Crippen LogP contribution in [0.25, 0.3) is 16.8 Å². The molecule has 1 aliphatic heterocycles. The minimum absolute atomic E-state index is 0.592. The molecule has 20 heavy (non-hydrogen) atoms. The third-order valence-corrected chi connectivity index (χ3v) is 5.06. The highest BCUT2D eigenvalue weighted by molar-refractivity contribution is 5.84. The molecule has 3 atom stereocenters. The largest absolute Gasteiger partial charge is 0.310 e. The van der Waals surface area contributed by atoms with Crippen LogP contribution < -0.4 is 5.32 Å². The molecule has 3 unspecified atom stereocenters. The van der Waals surface area contributed by atoms with E-state index < -0.39 is 0 Å². The first kappa shape index (κ1) is 12.2. The highest BCUT2D eigenvalue weighted by Crippen LogP contribution is 2.38. The molecule has 1 nitrogen and oxygen atoms in total. The van der Waals surface area contributed by atoms with Crippen LogP contribution in [0, 0.1) is 11.8 Å². The Balaban J connectivity index is 1.56. The number of rotatable bonds is 2. The van der Waals surface area contributed by atoms with Crippen molar-refractivity contribution in [2.45, 2.75) is 25.3 Å². The van der Waals surface area contributed by atoms with Gasteiger partial charge in [-0.05, 0) is 53.6 Å². The summed E-state index contributed by atoms with van der Waals surface area (Å²) in [6, 6.07) is 15.9. The maximum absolute atomic E-state index is 3.68. The monoisotopic (exact) mass is 263 g/mol. The molecule has 1 saturated carbocycles. The lowest BCUT2D eigenvalue weighted by Crippen LogP contribution is -2.23. The van der Waals surface area contributed by atoms with Crippen molar-refractivity contribution in [2.75, 3.05) is 6.54 Å². The molecule has 2 aromatic carbocycles. The van der Waals surface area contributed by atoms with Crippen LogP contribution in [0.1, 0.15) is 24.8 Å². The topological polar surface area (TPSA) is 12.0 Å². The molecule has 0 spiro atoms. The minimum Gasteiger partial charge on any atom is -0.310 e. The molecular weight excluding hydrogens is 242 g/mol. The Bertz CT molecular complexity index is 643. The van der Waals surface area contributed by atoms with Crippen molar-refractivity contribution in [2.24, 2.45) is 11.8 Å². The van der Waals surface area contributed by atoms with Crippen molar-refractivity contribution in [3.05, 3.63) is 54.1 Å². The van der Waals surface area contributed by atoms with E-state index in [2.05, 4.69) is 59.9 Å². The smallest absolute Gasteiger partial charge is 0.0284 e. The van der Waals surface area contributed by atoms with E-state index in [0.29, 0.717) is 6.04 Å². The minimum atomic E-state index is 0.592. The summed E-state index contributed by atoms with van der Waals surface area (Å²) < 4.78 is 0. The van der Waals surface area contributed by atoms with Gasteiger partial charge in [0.1, 0.15) is 0 Å². The van der Waals surface area contributed by atoms with Crippen LogP contribution in [0.4, 0.5) is 0 Å². The highest BCUT2D eigenvalue weighted by atomic mass is 15.0. The van der Waals surface area contributed by atoms with Crippen molar-refractivity contribution in [3.63, 3.8) is 0 Å². The molecule has 0 radical (unpaired) electrons. The van der Waals surface area contributed by atoms with Crippen LogP contribution in [0.3, 0.4) is 0 Å². The summed E-state index contributed by atoms with van der Waals surface area (Å²) in [6.45, 7) is 1.22. The zero-order chi connectivity index (χ0) is 13.4.